The highest BCUT2D eigenvalue weighted by molar-refractivity contribution is 5.16. The first kappa shape index (κ1) is 28.2. The predicted molar refractivity (Wildman–Crippen MR) is 155 cm³/mol. The summed E-state index contributed by atoms with van der Waals surface area (Å²) in [5.41, 5.74) is 4.41. The molecule has 0 aromatic heterocycles. The Morgan fingerprint density at radius 3 is 1.30 bits per heavy atom. The number of rotatable bonds is 13. The first-order chi connectivity index (χ1) is 19.8. The molecule has 0 radical (unpaired) electrons. The van der Waals surface area contributed by atoms with Gasteiger partial charge in [0.1, 0.15) is 24.4 Å². The minimum Gasteiger partial charge on any atom is -0.374 e. The van der Waals surface area contributed by atoms with Crippen LogP contribution >= 0.6 is 0 Å². The molecule has 0 spiro atoms. The fraction of sp³-hybridized carbons (Fsp3) is 0.314. The predicted octanol–water partition coefficient (Wildman–Crippen LogP) is 6.75. The maximum atomic E-state index is 6.65. The van der Waals surface area contributed by atoms with Gasteiger partial charge in [0.05, 0.1) is 39.1 Å². The molecule has 0 N–H and O–H groups in total. The summed E-state index contributed by atoms with van der Waals surface area (Å²) in [6, 6.07) is 40.8. The summed E-state index contributed by atoms with van der Waals surface area (Å²) in [6.07, 6.45) is -1.61. The van der Waals surface area contributed by atoms with Crippen LogP contribution in [0.1, 0.15) is 29.2 Å². The van der Waals surface area contributed by atoms with Gasteiger partial charge >= 0.3 is 0 Å². The standard InChI is InChI=1S/C35H38O5/c1-27-33(37-23-29-16-8-3-9-17-29)35(39-25-31-20-12-5-13-21-31)34(38-24-30-18-10-4-11-19-30)32(40-27)26-36-22-28-14-6-2-7-15-28/h2-21,27,32-35H,22-26H2,1H3/t27-,32?,33?,34-,35?/m1/s1. The molecule has 3 unspecified atom stereocenters. The molecule has 5 heteroatoms. The van der Waals surface area contributed by atoms with Gasteiger partial charge in [-0.25, -0.2) is 0 Å². The Balaban J connectivity index is 1.36. The van der Waals surface area contributed by atoms with E-state index in [1.54, 1.807) is 0 Å². The van der Waals surface area contributed by atoms with E-state index in [0.717, 1.165) is 22.3 Å². The molecular weight excluding hydrogens is 500 g/mol. The second-order valence-electron chi connectivity index (χ2n) is 10.2. The van der Waals surface area contributed by atoms with E-state index in [1.165, 1.54) is 0 Å². The Labute approximate surface area is 237 Å². The lowest BCUT2D eigenvalue weighted by Crippen LogP contribution is -2.60. The molecule has 5 rings (SSSR count). The molecule has 1 aliphatic rings. The van der Waals surface area contributed by atoms with Crippen LogP contribution in [0.15, 0.2) is 121 Å². The van der Waals surface area contributed by atoms with Gasteiger partial charge in [-0.3, -0.25) is 0 Å². The third kappa shape index (κ3) is 8.10. The number of ether oxygens (including phenoxy) is 5. The van der Waals surface area contributed by atoms with E-state index in [4.69, 9.17) is 23.7 Å². The maximum absolute atomic E-state index is 6.65. The molecule has 1 fully saturated rings. The van der Waals surface area contributed by atoms with Gasteiger partial charge in [-0.2, -0.15) is 0 Å². The maximum Gasteiger partial charge on any atom is 0.115 e. The first-order valence-electron chi connectivity index (χ1n) is 14.0. The van der Waals surface area contributed by atoms with Crippen molar-refractivity contribution < 1.29 is 23.7 Å². The zero-order chi connectivity index (χ0) is 27.4. The summed E-state index contributed by atoms with van der Waals surface area (Å²) < 4.78 is 32.5. The minimum atomic E-state index is -0.392. The quantitative estimate of drug-likeness (QED) is 0.189. The van der Waals surface area contributed by atoms with Crippen molar-refractivity contribution in [3.63, 3.8) is 0 Å². The van der Waals surface area contributed by atoms with Crippen LogP contribution in [0.25, 0.3) is 0 Å². The second-order valence-corrected chi connectivity index (χ2v) is 10.2. The van der Waals surface area contributed by atoms with Gasteiger partial charge < -0.3 is 23.7 Å². The summed E-state index contributed by atoms with van der Waals surface area (Å²) in [5, 5.41) is 0. The fourth-order valence-electron chi connectivity index (χ4n) is 5.02. The Bertz CT molecular complexity index is 1240. The van der Waals surface area contributed by atoms with Crippen LogP contribution in [-0.4, -0.2) is 37.1 Å². The zero-order valence-corrected chi connectivity index (χ0v) is 23.0. The van der Waals surface area contributed by atoms with Gasteiger partial charge in [-0.15, -0.1) is 0 Å². The van der Waals surface area contributed by atoms with E-state index in [9.17, 15) is 0 Å². The average molecular weight is 539 g/mol. The van der Waals surface area contributed by atoms with E-state index < -0.39 is 6.10 Å². The summed E-state index contributed by atoms with van der Waals surface area (Å²) in [7, 11) is 0. The van der Waals surface area contributed by atoms with E-state index in [1.807, 2.05) is 79.7 Å². The third-order valence-electron chi connectivity index (χ3n) is 7.12. The van der Waals surface area contributed by atoms with Gasteiger partial charge in [-0.05, 0) is 29.2 Å². The summed E-state index contributed by atoms with van der Waals surface area (Å²) in [5.74, 6) is 0. The number of benzene rings is 4. The van der Waals surface area contributed by atoms with Gasteiger partial charge in [-0.1, -0.05) is 121 Å². The lowest BCUT2D eigenvalue weighted by molar-refractivity contribution is -0.269. The van der Waals surface area contributed by atoms with Crippen LogP contribution in [0.4, 0.5) is 0 Å². The molecule has 4 aromatic rings. The lowest BCUT2D eigenvalue weighted by atomic mass is 9.94. The molecule has 1 saturated heterocycles. The number of hydrogen-bond acceptors (Lipinski definition) is 5. The van der Waals surface area contributed by atoms with Crippen LogP contribution in [0.2, 0.25) is 0 Å². The Kier molecular flexibility index (Phi) is 10.5. The average Bonchev–Trinajstić information content (AvgIpc) is 3.01. The summed E-state index contributed by atoms with van der Waals surface area (Å²) >= 11 is 0. The van der Waals surface area contributed by atoms with Crippen LogP contribution in [0.3, 0.4) is 0 Å². The van der Waals surface area contributed by atoms with Crippen molar-refractivity contribution in [3.8, 4) is 0 Å². The highest BCUT2D eigenvalue weighted by Gasteiger charge is 2.46. The van der Waals surface area contributed by atoms with Crippen molar-refractivity contribution in [1.29, 1.82) is 0 Å². The molecule has 1 heterocycles. The molecular formula is C35H38O5. The van der Waals surface area contributed by atoms with E-state index in [-0.39, 0.29) is 24.4 Å². The molecule has 0 bridgehead atoms. The second kappa shape index (κ2) is 14.9. The van der Waals surface area contributed by atoms with Gasteiger partial charge in [0.15, 0.2) is 0 Å². The summed E-state index contributed by atoms with van der Waals surface area (Å²) in [4.78, 5) is 0. The van der Waals surface area contributed by atoms with Crippen molar-refractivity contribution in [1.82, 2.24) is 0 Å². The highest BCUT2D eigenvalue weighted by Crippen LogP contribution is 2.30. The Morgan fingerprint density at radius 2 is 0.850 bits per heavy atom. The fourth-order valence-corrected chi connectivity index (χ4v) is 5.02. The topological polar surface area (TPSA) is 46.2 Å². The molecule has 5 nitrogen and oxygen atoms in total. The molecule has 5 atom stereocenters. The van der Waals surface area contributed by atoms with Crippen LogP contribution in [-0.2, 0) is 50.1 Å². The van der Waals surface area contributed by atoms with E-state index in [2.05, 4.69) is 48.5 Å². The molecule has 40 heavy (non-hydrogen) atoms. The van der Waals surface area contributed by atoms with Crippen molar-refractivity contribution in [2.45, 2.75) is 63.9 Å². The Hall–Kier alpha value is -3.32. The molecule has 0 saturated carbocycles. The molecule has 208 valence electrons. The monoisotopic (exact) mass is 538 g/mol. The SMILES string of the molecule is C[C@H]1OC(COCc2ccccc2)[C@@H](OCc2ccccc2)C(OCc2ccccc2)C1OCc1ccccc1. The molecule has 1 aliphatic heterocycles. The van der Waals surface area contributed by atoms with Gasteiger partial charge in [0, 0.05) is 0 Å². The summed E-state index contributed by atoms with van der Waals surface area (Å²) in [6.45, 7) is 4.29. The van der Waals surface area contributed by atoms with Crippen molar-refractivity contribution in [3.05, 3.63) is 144 Å². The molecule has 0 amide bonds. The largest absolute Gasteiger partial charge is 0.374 e. The Morgan fingerprint density at radius 1 is 0.475 bits per heavy atom. The normalized spacial score (nSPS) is 22.7. The van der Waals surface area contributed by atoms with Crippen LogP contribution in [0, 0.1) is 0 Å². The van der Waals surface area contributed by atoms with Gasteiger partial charge in [0.25, 0.3) is 0 Å². The number of hydrogen-bond donors (Lipinski definition) is 0. The van der Waals surface area contributed by atoms with E-state index >= 15 is 0 Å². The molecule has 4 aromatic carbocycles. The van der Waals surface area contributed by atoms with E-state index in [0.29, 0.717) is 33.0 Å². The van der Waals surface area contributed by atoms with Crippen molar-refractivity contribution in [2.75, 3.05) is 6.61 Å². The van der Waals surface area contributed by atoms with Gasteiger partial charge in [0.2, 0.25) is 0 Å². The zero-order valence-electron chi connectivity index (χ0n) is 23.0. The first-order valence-corrected chi connectivity index (χ1v) is 14.0. The molecule has 0 aliphatic carbocycles. The van der Waals surface area contributed by atoms with Crippen molar-refractivity contribution in [2.24, 2.45) is 0 Å². The lowest BCUT2D eigenvalue weighted by Gasteiger charge is -2.45. The van der Waals surface area contributed by atoms with Crippen LogP contribution in [0.5, 0.6) is 0 Å². The minimum absolute atomic E-state index is 0.216. The third-order valence-corrected chi connectivity index (χ3v) is 7.12. The highest BCUT2D eigenvalue weighted by atomic mass is 16.6. The smallest absolute Gasteiger partial charge is 0.115 e. The van der Waals surface area contributed by atoms with Crippen LogP contribution < -0.4 is 0 Å². The van der Waals surface area contributed by atoms with Crippen molar-refractivity contribution >= 4 is 0 Å².